The molecule has 2 rings (SSSR count). The van der Waals surface area contributed by atoms with Crippen LogP contribution in [0.15, 0.2) is 30.5 Å². The van der Waals surface area contributed by atoms with Crippen LogP contribution in [-0.2, 0) is 23.0 Å². The van der Waals surface area contributed by atoms with Crippen LogP contribution in [0, 0.1) is 0 Å². The van der Waals surface area contributed by atoms with Gasteiger partial charge in [-0.25, -0.2) is 0 Å². The molecule has 0 saturated heterocycles. The zero-order chi connectivity index (χ0) is 14.0. The van der Waals surface area contributed by atoms with Gasteiger partial charge in [-0.15, -0.1) is 0 Å². The molecule has 0 amide bonds. The summed E-state index contributed by atoms with van der Waals surface area (Å²) in [4.78, 5) is 11.7. The minimum absolute atomic E-state index is 0.133. The molecule has 1 heterocycles. The van der Waals surface area contributed by atoms with Gasteiger partial charge in [0.2, 0.25) is 0 Å². The van der Waals surface area contributed by atoms with E-state index in [4.69, 9.17) is 10.5 Å². The van der Waals surface area contributed by atoms with Crippen LogP contribution < -0.4 is 5.73 Å². The van der Waals surface area contributed by atoms with E-state index in [0.29, 0.717) is 6.42 Å². The third-order valence-electron chi connectivity index (χ3n) is 3.07. The average Bonchev–Trinajstić information content (AvgIpc) is 2.66. The molecule has 0 saturated carbocycles. The van der Waals surface area contributed by atoms with Crippen molar-refractivity contribution in [2.24, 2.45) is 12.8 Å². The Morgan fingerprint density at radius 3 is 2.74 bits per heavy atom. The zero-order valence-corrected chi connectivity index (χ0v) is 11.6. The van der Waals surface area contributed by atoms with E-state index in [1.807, 2.05) is 49.9 Å². The average molecular weight is 260 g/mol. The molecule has 4 heteroatoms. The third-order valence-corrected chi connectivity index (χ3v) is 3.07. The van der Waals surface area contributed by atoms with E-state index in [9.17, 15) is 4.79 Å². The number of rotatable bonds is 4. The highest BCUT2D eigenvalue weighted by Gasteiger charge is 2.19. The Hall–Kier alpha value is -1.81. The van der Waals surface area contributed by atoms with E-state index >= 15 is 0 Å². The number of hydrogen-bond donors (Lipinski definition) is 1. The van der Waals surface area contributed by atoms with E-state index < -0.39 is 6.04 Å². The maximum atomic E-state index is 11.7. The van der Waals surface area contributed by atoms with E-state index in [-0.39, 0.29) is 12.1 Å². The van der Waals surface area contributed by atoms with Gasteiger partial charge in [0, 0.05) is 30.6 Å². The number of para-hydroxylation sites is 1. The Morgan fingerprint density at radius 1 is 1.37 bits per heavy atom. The predicted octanol–water partition coefficient (Wildman–Crippen LogP) is 2.00. The molecular weight excluding hydrogens is 240 g/mol. The lowest BCUT2D eigenvalue weighted by Crippen LogP contribution is -2.35. The van der Waals surface area contributed by atoms with Crippen LogP contribution in [-0.4, -0.2) is 22.7 Å². The first-order valence-corrected chi connectivity index (χ1v) is 6.48. The Morgan fingerprint density at radius 2 is 2.05 bits per heavy atom. The number of aryl methyl sites for hydroxylation is 1. The second-order valence-electron chi connectivity index (χ2n) is 5.08. The van der Waals surface area contributed by atoms with Crippen LogP contribution in [0.25, 0.3) is 10.9 Å². The number of hydrogen-bond acceptors (Lipinski definition) is 3. The van der Waals surface area contributed by atoms with Crippen molar-refractivity contribution in [1.29, 1.82) is 0 Å². The molecule has 0 fully saturated rings. The normalized spacial score (nSPS) is 12.9. The quantitative estimate of drug-likeness (QED) is 0.855. The molecule has 0 aliphatic carbocycles. The van der Waals surface area contributed by atoms with Crippen molar-refractivity contribution in [3.8, 4) is 0 Å². The van der Waals surface area contributed by atoms with Gasteiger partial charge in [-0.3, -0.25) is 4.79 Å². The lowest BCUT2D eigenvalue weighted by atomic mass is 10.1. The third kappa shape index (κ3) is 2.96. The van der Waals surface area contributed by atoms with Crippen molar-refractivity contribution in [2.75, 3.05) is 0 Å². The number of carbonyl (C=O) groups is 1. The Labute approximate surface area is 113 Å². The summed E-state index contributed by atoms with van der Waals surface area (Å²) in [5.41, 5.74) is 8.13. The number of ether oxygens (including phenoxy) is 1. The second-order valence-corrected chi connectivity index (χ2v) is 5.08. The Kier molecular flexibility index (Phi) is 3.90. The van der Waals surface area contributed by atoms with Crippen LogP contribution in [0.3, 0.4) is 0 Å². The number of carbonyl (C=O) groups excluding carboxylic acids is 1. The highest BCUT2D eigenvalue weighted by Crippen LogP contribution is 2.21. The van der Waals surface area contributed by atoms with Crippen molar-refractivity contribution in [3.05, 3.63) is 36.0 Å². The molecule has 0 bridgehead atoms. The molecule has 102 valence electrons. The van der Waals surface area contributed by atoms with E-state index in [0.717, 1.165) is 16.5 Å². The monoisotopic (exact) mass is 260 g/mol. The maximum Gasteiger partial charge on any atom is 0.323 e. The van der Waals surface area contributed by atoms with Crippen molar-refractivity contribution < 1.29 is 9.53 Å². The summed E-state index contributed by atoms with van der Waals surface area (Å²) in [6.45, 7) is 3.64. The summed E-state index contributed by atoms with van der Waals surface area (Å²) in [6.07, 6.45) is 2.38. The van der Waals surface area contributed by atoms with Crippen LogP contribution in [0.4, 0.5) is 0 Å². The first kappa shape index (κ1) is 13.6. The molecule has 2 N–H and O–H groups in total. The highest BCUT2D eigenvalue weighted by molar-refractivity contribution is 5.85. The summed E-state index contributed by atoms with van der Waals surface area (Å²) in [6, 6.07) is 7.47. The number of fused-ring (bicyclic) bond motifs is 1. The SMILES string of the molecule is CC(C)OC(=O)C(N)Cc1cn(C)c2ccccc12. The molecule has 1 atom stereocenters. The molecule has 1 aromatic carbocycles. The smallest absolute Gasteiger partial charge is 0.323 e. The van der Waals surface area contributed by atoms with Gasteiger partial charge >= 0.3 is 5.97 Å². The van der Waals surface area contributed by atoms with Gasteiger partial charge in [-0.2, -0.15) is 0 Å². The minimum Gasteiger partial charge on any atom is -0.462 e. The fourth-order valence-electron chi connectivity index (χ4n) is 2.23. The molecule has 0 spiro atoms. The summed E-state index contributed by atoms with van der Waals surface area (Å²) in [5.74, 6) is -0.345. The van der Waals surface area contributed by atoms with Crippen LogP contribution in [0.2, 0.25) is 0 Å². The number of nitrogens with zero attached hydrogens (tertiary/aromatic N) is 1. The first-order chi connectivity index (χ1) is 8.99. The maximum absolute atomic E-state index is 11.7. The van der Waals surface area contributed by atoms with Crippen LogP contribution >= 0.6 is 0 Å². The first-order valence-electron chi connectivity index (χ1n) is 6.48. The van der Waals surface area contributed by atoms with Crippen molar-refractivity contribution in [1.82, 2.24) is 4.57 Å². The van der Waals surface area contributed by atoms with Gasteiger partial charge in [0.15, 0.2) is 0 Å². The molecule has 2 aromatic rings. The number of benzene rings is 1. The van der Waals surface area contributed by atoms with Gasteiger partial charge in [-0.1, -0.05) is 18.2 Å². The number of aromatic nitrogens is 1. The highest BCUT2D eigenvalue weighted by atomic mass is 16.5. The summed E-state index contributed by atoms with van der Waals surface area (Å²) in [7, 11) is 1.99. The second kappa shape index (κ2) is 5.45. The summed E-state index contributed by atoms with van der Waals surface area (Å²) >= 11 is 0. The van der Waals surface area contributed by atoms with E-state index in [2.05, 4.69) is 6.07 Å². The Balaban J connectivity index is 2.19. The zero-order valence-electron chi connectivity index (χ0n) is 11.6. The standard InChI is InChI=1S/C15H20N2O2/c1-10(2)19-15(18)13(16)8-11-9-17(3)14-7-5-4-6-12(11)14/h4-7,9-10,13H,8,16H2,1-3H3. The fraction of sp³-hybridized carbons (Fsp3) is 0.400. The molecule has 1 aromatic heterocycles. The Bertz CT molecular complexity index is 587. The molecular formula is C15H20N2O2. The fourth-order valence-corrected chi connectivity index (χ4v) is 2.23. The van der Waals surface area contributed by atoms with E-state index in [1.165, 1.54) is 0 Å². The predicted molar refractivity (Wildman–Crippen MR) is 75.8 cm³/mol. The van der Waals surface area contributed by atoms with Crippen molar-refractivity contribution in [2.45, 2.75) is 32.4 Å². The minimum atomic E-state index is -0.617. The van der Waals surface area contributed by atoms with Crippen LogP contribution in [0.1, 0.15) is 19.4 Å². The lowest BCUT2D eigenvalue weighted by molar-refractivity contribution is -0.148. The van der Waals surface area contributed by atoms with Crippen molar-refractivity contribution >= 4 is 16.9 Å². The largest absolute Gasteiger partial charge is 0.462 e. The van der Waals surface area contributed by atoms with Crippen molar-refractivity contribution in [3.63, 3.8) is 0 Å². The summed E-state index contributed by atoms with van der Waals surface area (Å²) < 4.78 is 7.18. The molecule has 19 heavy (non-hydrogen) atoms. The van der Waals surface area contributed by atoms with Gasteiger partial charge in [0.25, 0.3) is 0 Å². The van der Waals surface area contributed by atoms with E-state index in [1.54, 1.807) is 0 Å². The lowest BCUT2D eigenvalue weighted by Gasteiger charge is -2.13. The van der Waals surface area contributed by atoms with Crippen LogP contribution in [0.5, 0.6) is 0 Å². The molecule has 0 radical (unpaired) electrons. The van der Waals surface area contributed by atoms with Gasteiger partial charge in [-0.05, 0) is 25.5 Å². The topological polar surface area (TPSA) is 57.2 Å². The molecule has 0 aliphatic rings. The molecule has 1 unspecified atom stereocenters. The molecule has 0 aliphatic heterocycles. The number of esters is 1. The van der Waals surface area contributed by atoms with Gasteiger partial charge in [0.1, 0.15) is 6.04 Å². The summed E-state index contributed by atoms with van der Waals surface area (Å²) in [5, 5.41) is 1.14. The van der Waals surface area contributed by atoms with Gasteiger partial charge in [0.05, 0.1) is 6.10 Å². The number of nitrogens with two attached hydrogens (primary N) is 1. The molecule has 4 nitrogen and oxygen atoms in total. The van der Waals surface area contributed by atoms with Gasteiger partial charge < -0.3 is 15.0 Å².